The summed E-state index contributed by atoms with van der Waals surface area (Å²) in [5, 5.41) is 3.10. The zero-order valence-corrected chi connectivity index (χ0v) is 14.2. The summed E-state index contributed by atoms with van der Waals surface area (Å²) in [4.78, 5) is 26.8. The van der Waals surface area contributed by atoms with Crippen LogP contribution in [-0.2, 0) is 16.0 Å². The maximum absolute atomic E-state index is 12.4. The maximum Gasteiger partial charge on any atom is 0.230 e. The van der Waals surface area contributed by atoms with Crippen LogP contribution in [0.3, 0.4) is 0 Å². The Morgan fingerprint density at radius 3 is 2.50 bits per heavy atom. The molecule has 128 valence electrons. The molecule has 1 N–H and O–H groups in total. The first-order valence-corrected chi connectivity index (χ1v) is 9.47. The summed E-state index contributed by atoms with van der Waals surface area (Å²) in [5.41, 5.74) is 3.12. The topological polar surface area (TPSA) is 49.4 Å². The molecule has 0 aromatic heterocycles. The van der Waals surface area contributed by atoms with Crippen LogP contribution in [0.5, 0.6) is 0 Å². The highest BCUT2D eigenvalue weighted by molar-refractivity contribution is 5.98. The van der Waals surface area contributed by atoms with Gasteiger partial charge in [0.05, 0.1) is 0 Å². The van der Waals surface area contributed by atoms with Crippen LogP contribution in [-0.4, -0.2) is 18.4 Å². The summed E-state index contributed by atoms with van der Waals surface area (Å²) in [6.07, 6.45) is 9.69. The number of nitrogens with zero attached hydrogens (tertiary/aromatic N) is 1. The van der Waals surface area contributed by atoms with E-state index in [9.17, 15) is 9.59 Å². The summed E-state index contributed by atoms with van der Waals surface area (Å²) in [6, 6.07) is 6.05. The van der Waals surface area contributed by atoms with Crippen LogP contribution < -0.4 is 10.2 Å². The van der Waals surface area contributed by atoms with Gasteiger partial charge in [0.2, 0.25) is 11.8 Å². The SMILES string of the molecule is O=C(Nc1ccc2c(c1)CCCN2C(=O)C1CC1)C1CCCCC1. The van der Waals surface area contributed by atoms with Gasteiger partial charge in [-0.1, -0.05) is 19.3 Å². The fourth-order valence-corrected chi connectivity index (χ4v) is 4.06. The number of benzene rings is 1. The molecule has 2 fully saturated rings. The lowest BCUT2D eigenvalue weighted by Gasteiger charge is -2.30. The minimum Gasteiger partial charge on any atom is -0.326 e. The monoisotopic (exact) mass is 326 g/mol. The van der Waals surface area contributed by atoms with Gasteiger partial charge < -0.3 is 10.2 Å². The van der Waals surface area contributed by atoms with E-state index < -0.39 is 0 Å². The molecule has 2 amide bonds. The van der Waals surface area contributed by atoms with E-state index in [1.807, 2.05) is 17.0 Å². The number of amides is 2. The standard InChI is InChI=1S/C20H26N2O2/c23-19(14-5-2-1-3-6-14)21-17-10-11-18-16(13-17)7-4-12-22(18)20(24)15-8-9-15/h10-11,13-15H,1-9,12H2,(H,21,23). The van der Waals surface area contributed by atoms with Crippen LogP contribution in [0.25, 0.3) is 0 Å². The van der Waals surface area contributed by atoms with Gasteiger partial charge in [0.1, 0.15) is 0 Å². The third-order valence-electron chi connectivity index (χ3n) is 5.63. The molecule has 0 atom stereocenters. The molecule has 1 aromatic rings. The molecule has 0 bridgehead atoms. The lowest BCUT2D eigenvalue weighted by molar-refractivity contribution is -0.121. The fourth-order valence-electron chi connectivity index (χ4n) is 4.06. The van der Waals surface area contributed by atoms with Crippen molar-refractivity contribution < 1.29 is 9.59 Å². The number of hydrogen-bond acceptors (Lipinski definition) is 2. The number of carbonyl (C=O) groups is 2. The highest BCUT2D eigenvalue weighted by atomic mass is 16.2. The summed E-state index contributed by atoms with van der Waals surface area (Å²) >= 11 is 0. The molecule has 1 heterocycles. The third-order valence-corrected chi connectivity index (χ3v) is 5.63. The highest BCUT2D eigenvalue weighted by Crippen LogP contribution is 2.36. The smallest absolute Gasteiger partial charge is 0.230 e. The van der Waals surface area contributed by atoms with Gasteiger partial charge in [-0.15, -0.1) is 0 Å². The minimum atomic E-state index is 0.163. The number of anilines is 2. The Morgan fingerprint density at radius 2 is 1.75 bits per heavy atom. The van der Waals surface area contributed by atoms with Crippen molar-refractivity contribution in [2.75, 3.05) is 16.8 Å². The highest BCUT2D eigenvalue weighted by Gasteiger charge is 2.35. The van der Waals surface area contributed by atoms with Crippen LogP contribution in [0.4, 0.5) is 11.4 Å². The molecule has 2 saturated carbocycles. The second kappa shape index (κ2) is 6.58. The maximum atomic E-state index is 12.4. The molecule has 4 heteroatoms. The van der Waals surface area contributed by atoms with E-state index >= 15 is 0 Å². The number of rotatable bonds is 3. The molecular formula is C20H26N2O2. The van der Waals surface area contributed by atoms with Crippen molar-refractivity contribution in [1.29, 1.82) is 0 Å². The van der Waals surface area contributed by atoms with Crippen LogP contribution in [0.1, 0.15) is 56.9 Å². The van der Waals surface area contributed by atoms with Crippen molar-refractivity contribution >= 4 is 23.2 Å². The van der Waals surface area contributed by atoms with Gasteiger partial charge >= 0.3 is 0 Å². The Morgan fingerprint density at radius 1 is 0.958 bits per heavy atom. The zero-order chi connectivity index (χ0) is 16.5. The van der Waals surface area contributed by atoms with Crippen LogP contribution in [0, 0.1) is 11.8 Å². The fraction of sp³-hybridized carbons (Fsp3) is 0.600. The van der Waals surface area contributed by atoms with Gasteiger partial charge in [-0.2, -0.15) is 0 Å². The predicted octanol–water partition coefficient (Wildman–Crippen LogP) is 3.89. The number of nitrogens with one attached hydrogen (secondary N) is 1. The summed E-state index contributed by atoms with van der Waals surface area (Å²) in [5.74, 6) is 0.871. The van der Waals surface area contributed by atoms with Gasteiger partial charge in [-0.3, -0.25) is 9.59 Å². The van der Waals surface area contributed by atoms with E-state index in [1.54, 1.807) is 0 Å². The molecule has 0 saturated heterocycles. The van der Waals surface area contributed by atoms with E-state index in [0.29, 0.717) is 0 Å². The van der Waals surface area contributed by atoms with Gasteiger partial charge in [-0.25, -0.2) is 0 Å². The van der Waals surface area contributed by atoms with Crippen LogP contribution in [0.15, 0.2) is 18.2 Å². The Bertz CT molecular complexity index is 645. The molecule has 0 radical (unpaired) electrons. The van der Waals surface area contributed by atoms with Crippen molar-refractivity contribution in [3.63, 3.8) is 0 Å². The quantitative estimate of drug-likeness (QED) is 0.916. The van der Waals surface area contributed by atoms with Crippen molar-refractivity contribution in [2.45, 2.75) is 57.8 Å². The van der Waals surface area contributed by atoms with Crippen molar-refractivity contribution in [2.24, 2.45) is 11.8 Å². The summed E-state index contributed by atoms with van der Waals surface area (Å²) in [6.45, 7) is 0.829. The number of hydrogen-bond donors (Lipinski definition) is 1. The van der Waals surface area contributed by atoms with Crippen molar-refractivity contribution in [3.05, 3.63) is 23.8 Å². The predicted molar refractivity (Wildman–Crippen MR) is 95.0 cm³/mol. The number of carbonyl (C=O) groups excluding carboxylic acids is 2. The Balaban J connectivity index is 1.48. The third kappa shape index (κ3) is 3.19. The molecule has 0 spiro atoms. The van der Waals surface area contributed by atoms with E-state index in [1.165, 1.54) is 24.8 Å². The van der Waals surface area contributed by atoms with Gasteiger partial charge in [0.25, 0.3) is 0 Å². The first kappa shape index (κ1) is 15.7. The molecule has 4 nitrogen and oxygen atoms in total. The zero-order valence-electron chi connectivity index (χ0n) is 14.2. The molecule has 0 unspecified atom stereocenters. The normalized spacial score (nSPS) is 21.2. The van der Waals surface area contributed by atoms with E-state index in [2.05, 4.69) is 11.4 Å². The lowest BCUT2D eigenvalue weighted by atomic mass is 9.88. The number of aryl methyl sites for hydroxylation is 1. The molecular weight excluding hydrogens is 300 g/mol. The Labute approximate surface area is 143 Å². The lowest BCUT2D eigenvalue weighted by Crippen LogP contribution is -2.36. The van der Waals surface area contributed by atoms with Crippen molar-refractivity contribution in [3.8, 4) is 0 Å². The van der Waals surface area contributed by atoms with Gasteiger partial charge in [0, 0.05) is 29.8 Å². The van der Waals surface area contributed by atoms with E-state index in [4.69, 9.17) is 0 Å². The minimum absolute atomic E-state index is 0.163. The van der Waals surface area contributed by atoms with Crippen LogP contribution in [0.2, 0.25) is 0 Å². The number of fused-ring (bicyclic) bond motifs is 1. The average Bonchev–Trinajstić information content (AvgIpc) is 3.46. The molecule has 4 rings (SSSR count). The second-order valence-electron chi connectivity index (χ2n) is 7.54. The average molecular weight is 326 g/mol. The second-order valence-corrected chi connectivity index (χ2v) is 7.54. The molecule has 2 aliphatic carbocycles. The summed E-state index contributed by atoms with van der Waals surface area (Å²) in [7, 11) is 0. The molecule has 24 heavy (non-hydrogen) atoms. The van der Waals surface area contributed by atoms with Gasteiger partial charge in [0.15, 0.2) is 0 Å². The molecule has 1 aromatic carbocycles. The van der Waals surface area contributed by atoms with Crippen molar-refractivity contribution in [1.82, 2.24) is 0 Å². The Hall–Kier alpha value is -1.84. The molecule has 1 aliphatic heterocycles. The van der Waals surface area contributed by atoms with Gasteiger partial charge in [-0.05, 0) is 62.3 Å². The molecule has 3 aliphatic rings. The summed E-state index contributed by atoms with van der Waals surface area (Å²) < 4.78 is 0. The largest absolute Gasteiger partial charge is 0.326 e. The van der Waals surface area contributed by atoms with E-state index in [-0.39, 0.29) is 23.7 Å². The first-order chi connectivity index (χ1) is 11.7. The first-order valence-electron chi connectivity index (χ1n) is 9.47. The van der Waals surface area contributed by atoms with E-state index in [0.717, 1.165) is 56.4 Å². The van der Waals surface area contributed by atoms with Crippen LogP contribution >= 0.6 is 0 Å². The Kier molecular flexibility index (Phi) is 4.30.